The Morgan fingerprint density at radius 1 is 1.20 bits per heavy atom. The van der Waals surface area contributed by atoms with Crippen LogP contribution in [0.15, 0.2) is 24.3 Å². The maximum absolute atomic E-state index is 11.6. The van der Waals surface area contributed by atoms with Crippen LogP contribution in [0.5, 0.6) is 0 Å². The fraction of sp³-hybridized carbons (Fsp3) is 0.762. The van der Waals surface area contributed by atoms with Gasteiger partial charge in [0.25, 0.3) is 0 Å². The number of hydrogen-bond donors (Lipinski definition) is 1. The van der Waals surface area contributed by atoms with E-state index in [1.165, 1.54) is 6.92 Å². The van der Waals surface area contributed by atoms with Crippen molar-refractivity contribution in [2.45, 2.75) is 63.5 Å². The number of ether oxygens (including phenoxy) is 1. The highest BCUT2D eigenvalue weighted by atomic mass is 79.9. The summed E-state index contributed by atoms with van der Waals surface area (Å²) < 4.78 is 5.76. The first-order valence-electron chi connectivity index (χ1n) is 9.63. The number of hydrogen-bond acceptors (Lipinski definition) is 3. The molecule has 0 amide bonds. The van der Waals surface area contributed by atoms with Crippen LogP contribution >= 0.6 is 15.9 Å². The van der Waals surface area contributed by atoms with Gasteiger partial charge in [-0.25, -0.2) is 0 Å². The van der Waals surface area contributed by atoms with Gasteiger partial charge in [-0.3, -0.25) is 4.79 Å². The molecule has 0 saturated heterocycles. The number of alkyl halides is 1. The van der Waals surface area contributed by atoms with E-state index in [0.717, 1.165) is 25.7 Å². The zero-order valence-corrected chi connectivity index (χ0v) is 16.9. The van der Waals surface area contributed by atoms with Crippen molar-refractivity contribution in [3.8, 4) is 0 Å². The normalized spacial score (nSPS) is 53.7. The lowest BCUT2D eigenvalue weighted by atomic mass is 9.48. The van der Waals surface area contributed by atoms with E-state index in [0.29, 0.717) is 23.7 Å². The number of halogens is 1. The van der Waals surface area contributed by atoms with Crippen molar-refractivity contribution in [2.24, 2.45) is 34.5 Å². The number of aliphatic hydroxyl groups excluding tert-OH is 1. The molecule has 9 atom stereocenters. The Hall–Kier alpha value is -0.610. The largest absolute Gasteiger partial charge is 0.461 e. The highest BCUT2D eigenvalue weighted by Crippen LogP contribution is 2.64. The lowest BCUT2D eigenvalue weighted by Gasteiger charge is -2.56. The summed E-state index contributed by atoms with van der Waals surface area (Å²) in [7, 11) is 0. The molecule has 25 heavy (non-hydrogen) atoms. The third-order valence-electron chi connectivity index (χ3n) is 7.86. The molecule has 138 valence electrons. The average Bonchev–Trinajstić information content (AvgIpc) is 2.79. The van der Waals surface area contributed by atoms with Crippen LogP contribution in [0.1, 0.15) is 46.5 Å². The number of aliphatic hydroxyl groups is 1. The predicted molar refractivity (Wildman–Crippen MR) is 101 cm³/mol. The Kier molecular flexibility index (Phi) is 4.23. The van der Waals surface area contributed by atoms with Gasteiger partial charge in [0.15, 0.2) is 0 Å². The molecule has 0 radical (unpaired) electrons. The van der Waals surface area contributed by atoms with Gasteiger partial charge in [0.05, 0.1) is 10.9 Å². The standard InChI is InChI=1S/C21H29BrO3/c1-12(23)25-19-18(22)11-17-15-5-4-13-10-14(24)6-8-20(13,2)16(15)7-9-21(17,19)3/h4-6,8,13-19,24H,7,9-11H2,1-3H3/t13?,14?,15-,16-,17+,18?,19?,20+,21+/m1/s1. The van der Waals surface area contributed by atoms with Gasteiger partial charge in [0.1, 0.15) is 6.10 Å². The average molecular weight is 409 g/mol. The summed E-state index contributed by atoms with van der Waals surface area (Å²) >= 11 is 3.82. The van der Waals surface area contributed by atoms with Crippen molar-refractivity contribution in [2.75, 3.05) is 0 Å². The van der Waals surface area contributed by atoms with Gasteiger partial charge in [0.2, 0.25) is 0 Å². The number of allylic oxidation sites excluding steroid dienone is 3. The smallest absolute Gasteiger partial charge is 0.302 e. The Balaban J connectivity index is 1.67. The molecule has 3 nitrogen and oxygen atoms in total. The highest BCUT2D eigenvalue weighted by Gasteiger charge is 2.61. The van der Waals surface area contributed by atoms with E-state index in [1.54, 1.807) is 0 Å². The number of carbonyl (C=O) groups is 1. The Morgan fingerprint density at radius 2 is 1.96 bits per heavy atom. The number of fused-ring (bicyclic) bond motifs is 5. The lowest BCUT2D eigenvalue weighted by molar-refractivity contribution is -0.155. The van der Waals surface area contributed by atoms with Crippen molar-refractivity contribution in [3.05, 3.63) is 24.3 Å². The van der Waals surface area contributed by atoms with E-state index in [4.69, 9.17) is 4.74 Å². The fourth-order valence-corrected chi connectivity index (χ4v) is 7.60. The molecule has 2 saturated carbocycles. The lowest BCUT2D eigenvalue weighted by Crippen LogP contribution is -2.52. The predicted octanol–water partition coefficient (Wildman–Crippen LogP) is 4.25. The molecule has 4 unspecified atom stereocenters. The summed E-state index contributed by atoms with van der Waals surface area (Å²) in [6, 6.07) is 0. The van der Waals surface area contributed by atoms with Crippen LogP contribution < -0.4 is 0 Å². The molecular formula is C21H29BrO3. The zero-order chi connectivity index (χ0) is 18.0. The second-order valence-electron chi connectivity index (χ2n) is 9.14. The van der Waals surface area contributed by atoms with E-state index < -0.39 is 0 Å². The van der Waals surface area contributed by atoms with Crippen LogP contribution in [-0.2, 0) is 9.53 Å². The molecular weight excluding hydrogens is 380 g/mol. The monoisotopic (exact) mass is 408 g/mol. The highest BCUT2D eigenvalue weighted by molar-refractivity contribution is 9.09. The van der Waals surface area contributed by atoms with E-state index >= 15 is 0 Å². The summed E-state index contributed by atoms with van der Waals surface area (Å²) in [6.07, 6.45) is 12.9. The summed E-state index contributed by atoms with van der Waals surface area (Å²) in [6.45, 7) is 6.23. The SMILES string of the molecule is CC(=O)OC1C(Br)C[C@H]2[C@@H]3C=CC4CC(O)C=C[C@]4(C)[C@@H]3CC[C@]12C. The second kappa shape index (κ2) is 5.95. The van der Waals surface area contributed by atoms with Crippen LogP contribution in [0.25, 0.3) is 0 Å². The molecule has 4 aliphatic carbocycles. The first-order chi connectivity index (χ1) is 11.8. The van der Waals surface area contributed by atoms with Crippen LogP contribution in [0.3, 0.4) is 0 Å². The van der Waals surface area contributed by atoms with Gasteiger partial charge in [0, 0.05) is 12.3 Å². The van der Waals surface area contributed by atoms with Crippen LogP contribution in [0.2, 0.25) is 0 Å². The first kappa shape index (κ1) is 17.8. The molecule has 1 N–H and O–H groups in total. The van der Waals surface area contributed by atoms with Gasteiger partial charge in [-0.15, -0.1) is 0 Å². The molecule has 0 spiro atoms. The molecule has 4 heteroatoms. The molecule has 0 heterocycles. The maximum atomic E-state index is 11.6. The third kappa shape index (κ3) is 2.58. The van der Waals surface area contributed by atoms with Crippen molar-refractivity contribution in [1.29, 1.82) is 0 Å². The number of rotatable bonds is 1. The molecule has 0 aromatic rings. The summed E-state index contributed by atoms with van der Waals surface area (Å²) in [5.74, 6) is 1.94. The van der Waals surface area contributed by atoms with Crippen LogP contribution in [0, 0.1) is 34.5 Å². The summed E-state index contributed by atoms with van der Waals surface area (Å²) in [5, 5.41) is 10.0. The third-order valence-corrected chi connectivity index (χ3v) is 8.71. The molecule has 4 aliphatic rings. The Morgan fingerprint density at radius 3 is 2.68 bits per heavy atom. The topological polar surface area (TPSA) is 46.5 Å². The van der Waals surface area contributed by atoms with Crippen molar-refractivity contribution in [3.63, 3.8) is 0 Å². The van der Waals surface area contributed by atoms with E-state index in [1.807, 2.05) is 6.08 Å². The molecule has 2 fully saturated rings. The minimum absolute atomic E-state index is 0.0291. The van der Waals surface area contributed by atoms with E-state index in [2.05, 4.69) is 48.0 Å². The Labute approximate surface area is 159 Å². The van der Waals surface area contributed by atoms with Crippen molar-refractivity contribution >= 4 is 21.9 Å². The molecule has 0 aliphatic heterocycles. The minimum atomic E-state index is -0.306. The second-order valence-corrected chi connectivity index (χ2v) is 10.3. The fourth-order valence-electron chi connectivity index (χ4n) is 6.49. The van der Waals surface area contributed by atoms with Gasteiger partial charge in [-0.1, -0.05) is 54.1 Å². The van der Waals surface area contributed by atoms with Gasteiger partial charge in [-0.05, 0) is 54.8 Å². The molecule has 0 bridgehead atoms. The molecule has 0 aromatic heterocycles. The quantitative estimate of drug-likeness (QED) is 0.400. The maximum Gasteiger partial charge on any atom is 0.302 e. The van der Waals surface area contributed by atoms with Gasteiger partial charge >= 0.3 is 5.97 Å². The number of carbonyl (C=O) groups excluding carboxylic acids is 1. The Bertz CT molecular complexity index is 629. The van der Waals surface area contributed by atoms with Gasteiger partial charge in [-0.2, -0.15) is 0 Å². The van der Waals surface area contributed by atoms with E-state index in [-0.39, 0.29) is 33.8 Å². The van der Waals surface area contributed by atoms with Crippen LogP contribution in [-0.4, -0.2) is 28.1 Å². The molecule has 0 aromatic carbocycles. The molecule has 4 rings (SSSR count). The summed E-state index contributed by atoms with van der Waals surface area (Å²) in [4.78, 5) is 11.9. The first-order valence-corrected chi connectivity index (χ1v) is 10.5. The van der Waals surface area contributed by atoms with E-state index in [9.17, 15) is 9.90 Å². The van der Waals surface area contributed by atoms with Crippen molar-refractivity contribution in [1.82, 2.24) is 0 Å². The van der Waals surface area contributed by atoms with Gasteiger partial charge < -0.3 is 9.84 Å². The number of esters is 1. The minimum Gasteiger partial charge on any atom is -0.461 e. The van der Waals surface area contributed by atoms with Crippen molar-refractivity contribution < 1.29 is 14.6 Å². The zero-order valence-electron chi connectivity index (χ0n) is 15.3. The summed E-state index contributed by atoms with van der Waals surface area (Å²) in [5.41, 5.74) is 0.188. The van der Waals surface area contributed by atoms with Crippen LogP contribution in [0.4, 0.5) is 0 Å².